The summed E-state index contributed by atoms with van der Waals surface area (Å²) in [6.45, 7) is 6.47. The normalized spacial score (nSPS) is 16.0. The molecular weight excluding hydrogens is 396 g/mol. The number of imide groups is 1. The minimum absolute atomic E-state index is 0.220. The minimum atomic E-state index is -0.881. The fourth-order valence-electron chi connectivity index (χ4n) is 3.81. The lowest BCUT2D eigenvalue weighted by Crippen LogP contribution is -2.40. The van der Waals surface area contributed by atoms with Crippen LogP contribution in [0.4, 0.5) is 4.79 Å². The largest absolute Gasteiger partial charge is 0.350 e. The number of urea groups is 1. The Hall–Kier alpha value is -3.20. The van der Waals surface area contributed by atoms with E-state index in [2.05, 4.69) is 25.3 Å². The molecule has 0 aliphatic carbocycles. The van der Waals surface area contributed by atoms with E-state index in [0.717, 1.165) is 40.7 Å². The van der Waals surface area contributed by atoms with E-state index in [9.17, 15) is 9.59 Å². The van der Waals surface area contributed by atoms with E-state index in [-0.39, 0.29) is 18.5 Å². The van der Waals surface area contributed by atoms with Crippen molar-refractivity contribution in [3.8, 4) is 11.6 Å². The number of aryl methyl sites for hydroxylation is 1. The van der Waals surface area contributed by atoms with Gasteiger partial charge in [-0.1, -0.05) is 18.1 Å². The number of aromatic nitrogens is 3. The zero-order chi connectivity index (χ0) is 22.3. The molecule has 164 valence electrons. The molecule has 2 N–H and O–H groups in total. The number of amides is 3. The molecule has 0 bridgehead atoms. The molecule has 0 unspecified atom stereocenters. The van der Waals surface area contributed by atoms with Crippen molar-refractivity contribution in [3.63, 3.8) is 0 Å². The molecule has 3 amide bonds. The average Bonchev–Trinajstić information content (AvgIpc) is 3.37. The van der Waals surface area contributed by atoms with Crippen LogP contribution in [0.2, 0.25) is 0 Å². The lowest BCUT2D eigenvalue weighted by atomic mass is 10.0. The summed E-state index contributed by atoms with van der Waals surface area (Å²) >= 11 is 0. The number of benzene rings is 1. The van der Waals surface area contributed by atoms with Gasteiger partial charge in [0.25, 0.3) is 11.8 Å². The number of fused-ring (bicyclic) bond motifs is 1. The quantitative estimate of drug-likeness (QED) is 0.565. The smallest absolute Gasteiger partial charge is 0.325 e. The molecule has 31 heavy (non-hydrogen) atoms. The second kappa shape index (κ2) is 7.81. The number of carbonyl (C=O) groups is 2. The van der Waals surface area contributed by atoms with Gasteiger partial charge in [-0.25, -0.2) is 4.79 Å². The lowest BCUT2D eigenvalue weighted by molar-refractivity contribution is -0.130. The van der Waals surface area contributed by atoms with E-state index in [4.69, 9.17) is 4.52 Å². The summed E-state index contributed by atoms with van der Waals surface area (Å²) in [5.74, 6) is 0.909. The Morgan fingerprint density at radius 3 is 2.61 bits per heavy atom. The van der Waals surface area contributed by atoms with Crippen molar-refractivity contribution < 1.29 is 14.1 Å². The molecule has 1 aliphatic rings. The van der Waals surface area contributed by atoms with Crippen LogP contribution in [-0.2, 0) is 24.2 Å². The summed E-state index contributed by atoms with van der Waals surface area (Å²) in [7, 11) is 4.06. The predicted octanol–water partition coefficient (Wildman–Crippen LogP) is 2.71. The molecule has 0 spiro atoms. The standard InChI is InChI=1S/C22H28N6O3/c1-6-17-24-19(31-26-17)18-14(9-10-27(4)5)15-11-13(7-8-16(15)23-18)12-28-20(29)22(2,3)25-21(28)30/h7-8,11,23H,6,9-10,12H2,1-5H3,(H,25,30). The zero-order valence-corrected chi connectivity index (χ0v) is 18.6. The van der Waals surface area contributed by atoms with Crippen molar-refractivity contribution in [2.24, 2.45) is 0 Å². The number of aromatic amines is 1. The highest BCUT2D eigenvalue weighted by molar-refractivity contribution is 6.06. The summed E-state index contributed by atoms with van der Waals surface area (Å²) in [5, 5.41) is 7.78. The number of nitrogens with one attached hydrogen (secondary N) is 2. The van der Waals surface area contributed by atoms with Crippen LogP contribution in [0.25, 0.3) is 22.5 Å². The molecule has 0 atom stereocenters. The maximum atomic E-state index is 12.6. The van der Waals surface area contributed by atoms with Gasteiger partial charge in [0, 0.05) is 23.9 Å². The molecule has 0 radical (unpaired) electrons. The maximum absolute atomic E-state index is 12.6. The van der Waals surface area contributed by atoms with Gasteiger partial charge in [-0.05, 0) is 57.6 Å². The Morgan fingerprint density at radius 2 is 2.00 bits per heavy atom. The highest BCUT2D eigenvalue weighted by Crippen LogP contribution is 2.31. The lowest BCUT2D eigenvalue weighted by Gasteiger charge is -2.16. The van der Waals surface area contributed by atoms with Crippen LogP contribution in [0.15, 0.2) is 22.7 Å². The molecular formula is C22H28N6O3. The van der Waals surface area contributed by atoms with Crippen molar-refractivity contribution >= 4 is 22.8 Å². The second-order valence-corrected chi connectivity index (χ2v) is 8.73. The van der Waals surface area contributed by atoms with Crippen molar-refractivity contribution in [2.45, 2.75) is 45.7 Å². The number of hydrogen-bond donors (Lipinski definition) is 2. The van der Waals surface area contributed by atoms with Gasteiger partial charge in [0.1, 0.15) is 11.2 Å². The fraction of sp³-hybridized carbons (Fsp3) is 0.455. The molecule has 3 heterocycles. The highest BCUT2D eigenvalue weighted by atomic mass is 16.5. The van der Waals surface area contributed by atoms with Crippen LogP contribution < -0.4 is 5.32 Å². The van der Waals surface area contributed by atoms with Crippen LogP contribution in [0.3, 0.4) is 0 Å². The topological polar surface area (TPSA) is 107 Å². The predicted molar refractivity (Wildman–Crippen MR) is 116 cm³/mol. The monoisotopic (exact) mass is 424 g/mol. The van der Waals surface area contributed by atoms with Gasteiger partial charge >= 0.3 is 6.03 Å². The maximum Gasteiger partial charge on any atom is 0.325 e. The van der Waals surface area contributed by atoms with E-state index >= 15 is 0 Å². The molecule has 1 aliphatic heterocycles. The molecule has 9 heteroatoms. The zero-order valence-electron chi connectivity index (χ0n) is 18.6. The van der Waals surface area contributed by atoms with Crippen molar-refractivity contribution in [3.05, 3.63) is 35.2 Å². The first-order chi connectivity index (χ1) is 14.7. The second-order valence-electron chi connectivity index (χ2n) is 8.73. The summed E-state index contributed by atoms with van der Waals surface area (Å²) in [6.07, 6.45) is 1.48. The Labute approximate surface area is 180 Å². The first-order valence-corrected chi connectivity index (χ1v) is 10.4. The van der Waals surface area contributed by atoms with E-state index < -0.39 is 5.54 Å². The molecule has 3 aromatic rings. The average molecular weight is 425 g/mol. The van der Waals surface area contributed by atoms with Crippen LogP contribution in [-0.4, -0.2) is 63.0 Å². The van der Waals surface area contributed by atoms with E-state index in [1.165, 1.54) is 4.90 Å². The van der Waals surface area contributed by atoms with Crippen LogP contribution in [0, 0.1) is 0 Å². The Balaban J connectivity index is 1.73. The number of nitrogens with zero attached hydrogens (tertiary/aromatic N) is 4. The Morgan fingerprint density at radius 1 is 1.23 bits per heavy atom. The van der Waals surface area contributed by atoms with Gasteiger partial charge in [-0.15, -0.1) is 0 Å². The SMILES string of the molecule is CCc1noc(-c2[nH]c3ccc(CN4C(=O)NC(C)(C)C4=O)cc3c2CCN(C)C)n1. The van der Waals surface area contributed by atoms with Crippen molar-refractivity contribution in [1.29, 1.82) is 0 Å². The van der Waals surface area contributed by atoms with Gasteiger partial charge in [0.2, 0.25) is 0 Å². The summed E-state index contributed by atoms with van der Waals surface area (Å²) in [4.78, 5) is 36.2. The number of H-pyrrole nitrogens is 1. The van der Waals surface area contributed by atoms with E-state index in [0.29, 0.717) is 18.1 Å². The third-order valence-corrected chi connectivity index (χ3v) is 5.56. The van der Waals surface area contributed by atoms with Gasteiger partial charge in [-0.3, -0.25) is 9.69 Å². The highest BCUT2D eigenvalue weighted by Gasteiger charge is 2.44. The number of rotatable bonds is 7. The number of carbonyl (C=O) groups excluding carboxylic acids is 2. The third kappa shape index (κ3) is 3.93. The fourth-order valence-corrected chi connectivity index (χ4v) is 3.81. The number of hydrogen-bond acceptors (Lipinski definition) is 6. The van der Waals surface area contributed by atoms with Crippen LogP contribution in [0.1, 0.15) is 37.7 Å². The molecule has 2 aromatic heterocycles. The third-order valence-electron chi connectivity index (χ3n) is 5.56. The molecule has 9 nitrogen and oxygen atoms in total. The molecule has 1 saturated heterocycles. The van der Waals surface area contributed by atoms with Crippen molar-refractivity contribution in [1.82, 2.24) is 30.2 Å². The number of likely N-dealkylation sites (N-methyl/N-ethyl adjacent to an activating group) is 1. The Bertz CT molecular complexity index is 1140. The van der Waals surface area contributed by atoms with E-state index in [1.54, 1.807) is 13.8 Å². The summed E-state index contributed by atoms with van der Waals surface area (Å²) in [6, 6.07) is 5.56. The summed E-state index contributed by atoms with van der Waals surface area (Å²) < 4.78 is 5.50. The summed E-state index contributed by atoms with van der Waals surface area (Å²) in [5.41, 5.74) is 2.84. The van der Waals surface area contributed by atoms with E-state index in [1.807, 2.05) is 39.2 Å². The van der Waals surface area contributed by atoms with Crippen LogP contribution >= 0.6 is 0 Å². The molecule has 1 aromatic carbocycles. The van der Waals surface area contributed by atoms with Gasteiger partial charge in [-0.2, -0.15) is 4.98 Å². The first kappa shape index (κ1) is 21.0. The van der Waals surface area contributed by atoms with Crippen molar-refractivity contribution in [2.75, 3.05) is 20.6 Å². The van der Waals surface area contributed by atoms with Gasteiger partial charge < -0.3 is 19.7 Å². The van der Waals surface area contributed by atoms with Gasteiger partial charge in [0.15, 0.2) is 5.82 Å². The molecule has 4 rings (SSSR count). The first-order valence-electron chi connectivity index (χ1n) is 10.4. The molecule has 1 fully saturated rings. The van der Waals surface area contributed by atoms with Crippen LogP contribution in [0.5, 0.6) is 0 Å². The van der Waals surface area contributed by atoms with Gasteiger partial charge in [0.05, 0.1) is 6.54 Å². The molecule has 0 saturated carbocycles. The Kier molecular flexibility index (Phi) is 5.30. The minimum Gasteiger partial charge on any atom is -0.350 e.